The molecular formula is C16H20ClN5O. The maximum absolute atomic E-state index is 12.0. The largest absolute Gasteiger partial charge is 0.347 e. The highest BCUT2D eigenvalue weighted by Gasteiger charge is 2.07. The van der Waals surface area contributed by atoms with Crippen molar-refractivity contribution in [2.75, 3.05) is 24.3 Å². The molecule has 0 bridgehead atoms. The van der Waals surface area contributed by atoms with Crippen LogP contribution in [-0.2, 0) is 6.54 Å². The molecule has 0 saturated heterocycles. The Bertz CT molecular complexity index is 718. The SMILES string of the molecule is Cc1cc(CNC(=O)Nc2ccc(C)c(Cl)c2)nc(N(C)C)n1. The van der Waals surface area contributed by atoms with Gasteiger partial charge in [-0.3, -0.25) is 0 Å². The molecule has 0 spiro atoms. The van der Waals surface area contributed by atoms with Gasteiger partial charge in [0.2, 0.25) is 5.95 Å². The van der Waals surface area contributed by atoms with Gasteiger partial charge in [0.15, 0.2) is 0 Å². The van der Waals surface area contributed by atoms with E-state index in [9.17, 15) is 4.79 Å². The maximum Gasteiger partial charge on any atom is 0.319 e. The zero-order chi connectivity index (χ0) is 17.0. The van der Waals surface area contributed by atoms with E-state index >= 15 is 0 Å². The number of hydrogen-bond acceptors (Lipinski definition) is 4. The van der Waals surface area contributed by atoms with Crippen LogP contribution in [0.5, 0.6) is 0 Å². The van der Waals surface area contributed by atoms with Crippen LogP contribution in [0.4, 0.5) is 16.4 Å². The van der Waals surface area contributed by atoms with Crippen molar-refractivity contribution < 1.29 is 4.79 Å². The van der Waals surface area contributed by atoms with Crippen LogP contribution in [0.2, 0.25) is 5.02 Å². The lowest BCUT2D eigenvalue weighted by Crippen LogP contribution is -2.29. The maximum atomic E-state index is 12.0. The number of aryl methyl sites for hydroxylation is 2. The van der Waals surface area contributed by atoms with Gasteiger partial charge in [-0.15, -0.1) is 0 Å². The average molecular weight is 334 g/mol. The van der Waals surface area contributed by atoms with Crippen molar-refractivity contribution in [2.45, 2.75) is 20.4 Å². The van der Waals surface area contributed by atoms with Crippen LogP contribution in [0.25, 0.3) is 0 Å². The van der Waals surface area contributed by atoms with Gasteiger partial charge < -0.3 is 15.5 Å². The first-order valence-corrected chi connectivity index (χ1v) is 7.56. The van der Waals surface area contributed by atoms with Gasteiger partial charge in [-0.2, -0.15) is 0 Å². The van der Waals surface area contributed by atoms with Crippen LogP contribution >= 0.6 is 11.6 Å². The molecule has 2 amide bonds. The molecule has 0 unspecified atom stereocenters. The van der Waals surface area contributed by atoms with Crippen LogP contribution in [0.15, 0.2) is 24.3 Å². The summed E-state index contributed by atoms with van der Waals surface area (Å²) in [5, 5.41) is 6.13. The van der Waals surface area contributed by atoms with E-state index < -0.39 is 0 Å². The molecule has 1 aromatic carbocycles. The van der Waals surface area contributed by atoms with Gasteiger partial charge in [0.1, 0.15) is 0 Å². The topological polar surface area (TPSA) is 70.2 Å². The number of aromatic nitrogens is 2. The summed E-state index contributed by atoms with van der Waals surface area (Å²) in [6, 6.07) is 6.91. The number of benzene rings is 1. The van der Waals surface area contributed by atoms with E-state index in [1.54, 1.807) is 12.1 Å². The van der Waals surface area contributed by atoms with E-state index in [1.807, 2.05) is 45.0 Å². The standard InChI is InChI=1S/C16H20ClN5O/c1-10-5-6-12(8-14(10)17)21-16(23)18-9-13-7-11(2)19-15(20-13)22(3)4/h5-8H,9H2,1-4H3,(H2,18,21,23). The molecule has 2 rings (SSSR count). The lowest BCUT2D eigenvalue weighted by atomic mass is 10.2. The fraction of sp³-hybridized carbons (Fsp3) is 0.312. The molecule has 0 saturated carbocycles. The van der Waals surface area contributed by atoms with Crippen molar-refractivity contribution in [1.29, 1.82) is 0 Å². The minimum atomic E-state index is -0.312. The highest BCUT2D eigenvalue weighted by molar-refractivity contribution is 6.31. The molecule has 2 N–H and O–H groups in total. The molecule has 0 radical (unpaired) electrons. The Labute approximate surface area is 140 Å². The summed E-state index contributed by atoms with van der Waals surface area (Å²) in [4.78, 5) is 22.5. The van der Waals surface area contributed by atoms with E-state index in [-0.39, 0.29) is 6.03 Å². The molecule has 0 fully saturated rings. The molecular weight excluding hydrogens is 314 g/mol. The van der Waals surface area contributed by atoms with Crippen LogP contribution in [0, 0.1) is 13.8 Å². The Hall–Kier alpha value is -2.34. The van der Waals surface area contributed by atoms with Gasteiger partial charge >= 0.3 is 6.03 Å². The van der Waals surface area contributed by atoms with Gasteiger partial charge in [0, 0.05) is 30.5 Å². The van der Waals surface area contributed by atoms with Crippen molar-refractivity contribution in [3.8, 4) is 0 Å². The molecule has 1 aromatic heterocycles. The number of carbonyl (C=O) groups excluding carboxylic acids is 1. The van der Waals surface area contributed by atoms with Crippen LogP contribution in [-0.4, -0.2) is 30.1 Å². The van der Waals surface area contributed by atoms with Gasteiger partial charge in [-0.05, 0) is 37.6 Å². The average Bonchev–Trinajstić information content (AvgIpc) is 2.48. The van der Waals surface area contributed by atoms with E-state index in [2.05, 4.69) is 20.6 Å². The fourth-order valence-electron chi connectivity index (χ4n) is 1.92. The molecule has 0 aliphatic heterocycles. The summed E-state index contributed by atoms with van der Waals surface area (Å²) in [5.41, 5.74) is 3.21. The Morgan fingerprint density at radius 1 is 1.22 bits per heavy atom. The number of anilines is 2. The third-order valence-corrected chi connectivity index (χ3v) is 3.56. The number of amides is 2. The second kappa shape index (κ2) is 7.28. The second-order valence-electron chi connectivity index (χ2n) is 5.47. The van der Waals surface area contributed by atoms with Crippen molar-refractivity contribution in [2.24, 2.45) is 0 Å². The summed E-state index contributed by atoms with van der Waals surface area (Å²) in [6.07, 6.45) is 0. The van der Waals surface area contributed by atoms with Gasteiger partial charge in [-0.25, -0.2) is 14.8 Å². The Kier molecular flexibility index (Phi) is 5.39. The molecule has 7 heteroatoms. The molecule has 23 heavy (non-hydrogen) atoms. The van der Waals surface area contributed by atoms with Crippen LogP contribution in [0.3, 0.4) is 0 Å². The summed E-state index contributed by atoms with van der Waals surface area (Å²) < 4.78 is 0. The van der Waals surface area contributed by atoms with Crippen molar-refractivity contribution in [3.63, 3.8) is 0 Å². The lowest BCUT2D eigenvalue weighted by molar-refractivity contribution is 0.251. The zero-order valence-electron chi connectivity index (χ0n) is 13.6. The molecule has 122 valence electrons. The Balaban J connectivity index is 1.97. The van der Waals surface area contributed by atoms with E-state index in [4.69, 9.17) is 11.6 Å². The number of rotatable bonds is 4. The minimum Gasteiger partial charge on any atom is -0.347 e. The number of halogens is 1. The first kappa shape index (κ1) is 17.0. The predicted octanol–water partition coefficient (Wildman–Crippen LogP) is 3.13. The van der Waals surface area contributed by atoms with Crippen molar-refractivity contribution in [3.05, 3.63) is 46.2 Å². The fourth-order valence-corrected chi connectivity index (χ4v) is 2.10. The summed E-state index contributed by atoms with van der Waals surface area (Å²) >= 11 is 6.04. The molecule has 6 nitrogen and oxygen atoms in total. The molecule has 1 heterocycles. The summed E-state index contributed by atoms with van der Waals surface area (Å²) in [5.74, 6) is 0.618. The summed E-state index contributed by atoms with van der Waals surface area (Å²) in [6.45, 7) is 4.12. The monoisotopic (exact) mass is 333 g/mol. The number of nitrogens with zero attached hydrogens (tertiary/aromatic N) is 3. The first-order valence-electron chi connectivity index (χ1n) is 7.18. The predicted molar refractivity (Wildman–Crippen MR) is 93.1 cm³/mol. The van der Waals surface area contributed by atoms with E-state index in [0.29, 0.717) is 23.2 Å². The number of nitrogens with one attached hydrogen (secondary N) is 2. The Morgan fingerprint density at radius 3 is 2.61 bits per heavy atom. The third-order valence-electron chi connectivity index (χ3n) is 3.16. The molecule has 0 aliphatic rings. The number of urea groups is 1. The third kappa shape index (κ3) is 4.82. The van der Waals surface area contributed by atoms with Gasteiger partial charge in [0.05, 0.1) is 12.2 Å². The van der Waals surface area contributed by atoms with E-state index in [1.165, 1.54) is 0 Å². The highest BCUT2D eigenvalue weighted by atomic mass is 35.5. The number of hydrogen-bond donors (Lipinski definition) is 2. The van der Waals surface area contributed by atoms with Crippen molar-refractivity contribution >= 4 is 29.3 Å². The normalized spacial score (nSPS) is 10.3. The smallest absolute Gasteiger partial charge is 0.319 e. The molecule has 0 aliphatic carbocycles. The molecule has 0 atom stereocenters. The van der Waals surface area contributed by atoms with E-state index in [0.717, 1.165) is 17.0 Å². The molecule has 2 aromatic rings. The second-order valence-corrected chi connectivity index (χ2v) is 5.87. The van der Waals surface area contributed by atoms with Crippen molar-refractivity contribution in [1.82, 2.24) is 15.3 Å². The van der Waals surface area contributed by atoms with Gasteiger partial charge in [-0.1, -0.05) is 17.7 Å². The van der Waals surface area contributed by atoms with Crippen LogP contribution in [0.1, 0.15) is 17.0 Å². The summed E-state index contributed by atoms with van der Waals surface area (Å²) in [7, 11) is 3.75. The number of carbonyl (C=O) groups is 1. The Morgan fingerprint density at radius 2 is 1.96 bits per heavy atom. The minimum absolute atomic E-state index is 0.312. The van der Waals surface area contributed by atoms with Crippen LogP contribution < -0.4 is 15.5 Å². The zero-order valence-corrected chi connectivity index (χ0v) is 14.4. The quantitative estimate of drug-likeness (QED) is 0.901. The van der Waals surface area contributed by atoms with Gasteiger partial charge in [0.25, 0.3) is 0 Å². The highest BCUT2D eigenvalue weighted by Crippen LogP contribution is 2.19. The first-order chi connectivity index (χ1) is 10.8. The lowest BCUT2D eigenvalue weighted by Gasteiger charge is -2.13.